The molecule has 0 radical (unpaired) electrons. The van der Waals surface area contributed by atoms with Crippen molar-refractivity contribution in [2.45, 2.75) is 50.7 Å². The Morgan fingerprint density at radius 1 is 1.29 bits per heavy atom. The van der Waals surface area contributed by atoms with Crippen molar-refractivity contribution in [3.8, 4) is 0 Å². The third kappa shape index (κ3) is 2.72. The van der Waals surface area contributed by atoms with Crippen LogP contribution in [0.1, 0.15) is 37.7 Å². The SMILES string of the molecule is c1cc(CN2CCCCC2C2CCCN2)cs1. The van der Waals surface area contributed by atoms with E-state index in [1.165, 1.54) is 50.8 Å². The molecule has 0 aliphatic carbocycles. The number of piperidine rings is 1. The molecule has 0 bridgehead atoms. The summed E-state index contributed by atoms with van der Waals surface area (Å²) in [6.07, 6.45) is 6.94. The maximum Gasteiger partial charge on any atom is 0.0252 e. The van der Waals surface area contributed by atoms with Crippen LogP contribution in [-0.2, 0) is 6.54 Å². The van der Waals surface area contributed by atoms with E-state index in [1.807, 2.05) is 11.3 Å². The first-order valence-corrected chi connectivity index (χ1v) is 7.86. The van der Waals surface area contributed by atoms with Crippen molar-refractivity contribution in [2.24, 2.45) is 0 Å². The van der Waals surface area contributed by atoms with E-state index >= 15 is 0 Å². The summed E-state index contributed by atoms with van der Waals surface area (Å²) in [7, 11) is 0. The van der Waals surface area contributed by atoms with E-state index in [1.54, 1.807) is 0 Å². The summed E-state index contributed by atoms with van der Waals surface area (Å²) in [5.41, 5.74) is 1.50. The Morgan fingerprint density at radius 2 is 2.29 bits per heavy atom. The smallest absolute Gasteiger partial charge is 0.0252 e. The Labute approximate surface area is 108 Å². The van der Waals surface area contributed by atoms with Crippen LogP contribution in [0.25, 0.3) is 0 Å². The average molecular weight is 250 g/mol. The summed E-state index contributed by atoms with van der Waals surface area (Å²) < 4.78 is 0. The van der Waals surface area contributed by atoms with E-state index in [2.05, 4.69) is 27.0 Å². The van der Waals surface area contributed by atoms with Crippen molar-refractivity contribution in [3.63, 3.8) is 0 Å². The molecule has 3 heteroatoms. The lowest BCUT2D eigenvalue weighted by atomic mass is 9.94. The van der Waals surface area contributed by atoms with Gasteiger partial charge in [-0.05, 0) is 61.2 Å². The topological polar surface area (TPSA) is 15.3 Å². The van der Waals surface area contributed by atoms with Crippen LogP contribution in [-0.4, -0.2) is 30.1 Å². The van der Waals surface area contributed by atoms with Gasteiger partial charge in [0.2, 0.25) is 0 Å². The monoisotopic (exact) mass is 250 g/mol. The zero-order valence-corrected chi connectivity index (χ0v) is 11.2. The molecule has 3 rings (SSSR count). The molecule has 2 nitrogen and oxygen atoms in total. The zero-order chi connectivity index (χ0) is 11.5. The van der Waals surface area contributed by atoms with E-state index in [4.69, 9.17) is 0 Å². The van der Waals surface area contributed by atoms with Gasteiger partial charge in [0.05, 0.1) is 0 Å². The molecule has 2 fully saturated rings. The van der Waals surface area contributed by atoms with Crippen molar-refractivity contribution in [1.82, 2.24) is 10.2 Å². The van der Waals surface area contributed by atoms with Gasteiger partial charge in [0.15, 0.2) is 0 Å². The molecule has 2 unspecified atom stereocenters. The normalized spacial score (nSPS) is 30.8. The molecule has 2 atom stereocenters. The predicted molar refractivity (Wildman–Crippen MR) is 73.4 cm³/mol. The minimum absolute atomic E-state index is 0.758. The van der Waals surface area contributed by atoms with E-state index in [9.17, 15) is 0 Å². The van der Waals surface area contributed by atoms with Crippen molar-refractivity contribution in [1.29, 1.82) is 0 Å². The van der Waals surface area contributed by atoms with Gasteiger partial charge < -0.3 is 5.32 Å². The molecule has 3 heterocycles. The zero-order valence-electron chi connectivity index (χ0n) is 10.4. The van der Waals surface area contributed by atoms with Crippen LogP contribution in [0, 0.1) is 0 Å². The fraction of sp³-hybridized carbons (Fsp3) is 0.714. The molecule has 94 valence electrons. The van der Waals surface area contributed by atoms with Gasteiger partial charge in [0.25, 0.3) is 0 Å². The Kier molecular flexibility index (Phi) is 3.79. The second-order valence-corrected chi connectivity index (χ2v) is 6.15. The van der Waals surface area contributed by atoms with E-state index in [0.717, 1.165) is 18.6 Å². The molecule has 1 aromatic heterocycles. The third-order valence-corrected chi connectivity index (χ3v) is 4.92. The summed E-state index contributed by atoms with van der Waals surface area (Å²) in [6.45, 7) is 3.68. The summed E-state index contributed by atoms with van der Waals surface area (Å²) in [6, 6.07) is 3.82. The van der Waals surface area contributed by atoms with Gasteiger partial charge in [-0.2, -0.15) is 11.3 Å². The highest BCUT2D eigenvalue weighted by Crippen LogP contribution is 2.26. The molecule has 1 N–H and O–H groups in total. The van der Waals surface area contributed by atoms with Crippen molar-refractivity contribution >= 4 is 11.3 Å². The first-order chi connectivity index (χ1) is 8.43. The highest BCUT2D eigenvalue weighted by Gasteiger charge is 2.31. The number of hydrogen-bond donors (Lipinski definition) is 1. The van der Waals surface area contributed by atoms with Crippen LogP contribution < -0.4 is 5.32 Å². The molecule has 0 aromatic carbocycles. The number of hydrogen-bond acceptors (Lipinski definition) is 3. The fourth-order valence-electron chi connectivity index (χ4n) is 3.33. The number of thiophene rings is 1. The first kappa shape index (κ1) is 11.7. The van der Waals surface area contributed by atoms with Gasteiger partial charge in [-0.15, -0.1) is 0 Å². The number of nitrogens with zero attached hydrogens (tertiary/aromatic N) is 1. The van der Waals surface area contributed by atoms with E-state index in [0.29, 0.717) is 0 Å². The van der Waals surface area contributed by atoms with Gasteiger partial charge in [-0.25, -0.2) is 0 Å². The van der Waals surface area contributed by atoms with Crippen molar-refractivity contribution in [3.05, 3.63) is 22.4 Å². The third-order valence-electron chi connectivity index (χ3n) is 4.19. The Morgan fingerprint density at radius 3 is 3.06 bits per heavy atom. The molecule has 0 saturated carbocycles. The molecular formula is C14H22N2S. The molecule has 2 saturated heterocycles. The molecule has 0 spiro atoms. The van der Waals surface area contributed by atoms with E-state index < -0.39 is 0 Å². The van der Waals surface area contributed by atoms with Crippen molar-refractivity contribution in [2.75, 3.05) is 13.1 Å². The van der Waals surface area contributed by atoms with E-state index in [-0.39, 0.29) is 0 Å². The predicted octanol–water partition coefficient (Wildman–Crippen LogP) is 2.85. The standard InChI is InChI=1S/C14H22N2S/c1-2-8-16(10-12-6-9-17-11-12)14(5-1)13-4-3-7-15-13/h6,9,11,13-15H,1-5,7-8,10H2. The summed E-state index contributed by atoms with van der Waals surface area (Å²) in [5, 5.41) is 8.19. The summed E-state index contributed by atoms with van der Waals surface area (Å²) >= 11 is 1.82. The van der Waals surface area contributed by atoms with Gasteiger partial charge in [-0.3, -0.25) is 4.90 Å². The maximum absolute atomic E-state index is 3.70. The largest absolute Gasteiger partial charge is 0.312 e. The quantitative estimate of drug-likeness (QED) is 0.887. The molecule has 17 heavy (non-hydrogen) atoms. The van der Waals surface area contributed by atoms with Gasteiger partial charge in [0, 0.05) is 18.6 Å². The van der Waals surface area contributed by atoms with Crippen LogP contribution in [0.4, 0.5) is 0 Å². The second-order valence-electron chi connectivity index (χ2n) is 5.37. The lowest BCUT2D eigenvalue weighted by Gasteiger charge is -2.39. The number of likely N-dealkylation sites (tertiary alicyclic amines) is 1. The van der Waals surface area contributed by atoms with Gasteiger partial charge in [0.1, 0.15) is 0 Å². The highest BCUT2D eigenvalue weighted by molar-refractivity contribution is 7.07. The van der Waals surface area contributed by atoms with Crippen LogP contribution in [0.15, 0.2) is 16.8 Å². The molecule has 1 aromatic rings. The molecule has 0 amide bonds. The lowest BCUT2D eigenvalue weighted by molar-refractivity contribution is 0.112. The van der Waals surface area contributed by atoms with Gasteiger partial charge in [-0.1, -0.05) is 6.42 Å². The first-order valence-electron chi connectivity index (χ1n) is 6.92. The molecular weight excluding hydrogens is 228 g/mol. The fourth-order valence-corrected chi connectivity index (χ4v) is 3.99. The number of nitrogens with one attached hydrogen (secondary N) is 1. The minimum Gasteiger partial charge on any atom is -0.312 e. The Bertz CT molecular complexity index is 330. The number of rotatable bonds is 3. The van der Waals surface area contributed by atoms with Crippen LogP contribution in [0.5, 0.6) is 0 Å². The van der Waals surface area contributed by atoms with Crippen LogP contribution >= 0.6 is 11.3 Å². The minimum atomic E-state index is 0.758. The lowest BCUT2D eigenvalue weighted by Crippen LogP contribution is -2.49. The summed E-state index contributed by atoms with van der Waals surface area (Å²) in [5.74, 6) is 0. The van der Waals surface area contributed by atoms with Gasteiger partial charge >= 0.3 is 0 Å². The molecule has 2 aliphatic heterocycles. The van der Waals surface area contributed by atoms with Crippen LogP contribution in [0.3, 0.4) is 0 Å². The second kappa shape index (κ2) is 5.51. The maximum atomic E-state index is 3.70. The average Bonchev–Trinajstić information content (AvgIpc) is 3.01. The summed E-state index contributed by atoms with van der Waals surface area (Å²) in [4.78, 5) is 2.72. The van der Waals surface area contributed by atoms with Crippen molar-refractivity contribution < 1.29 is 0 Å². The van der Waals surface area contributed by atoms with Crippen LogP contribution in [0.2, 0.25) is 0 Å². The Balaban J connectivity index is 1.66. The highest BCUT2D eigenvalue weighted by atomic mass is 32.1. The Hall–Kier alpha value is -0.380. The molecule has 2 aliphatic rings.